The molecule has 0 saturated carbocycles. The number of carbonyl (C=O) groups is 1. The quantitative estimate of drug-likeness (QED) is 0.586. The van der Waals surface area contributed by atoms with Gasteiger partial charge in [0.25, 0.3) is 5.91 Å². The van der Waals surface area contributed by atoms with Crippen molar-refractivity contribution in [3.05, 3.63) is 36.2 Å². The molecule has 20 heavy (non-hydrogen) atoms. The van der Waals surface area contributed by atoms with Crippen LogP contribution in [0, 0.1) is 0 Å². The minimum absolute atomic E-state index is 0.189. The third-order valence-electron chi connectivity index (χ3n) is 2.39. The van der Waals surface area contributed by atoms with Crippen molar-refractivity contribution in [2.24, 2.45) is 11.5 Å². The first-order valence-corrected chi connectivity index (χ1v) is 5.99. The third-order valence-corrected chi connectivity index (χ3v) is 2.39. The number of primary amides is 1. The van der Waals surface area contributed by atoms with E-state index in [4.69, 9.17) is 11.5 Å². The van der Waals surface area contributed by atoms with Gasteiger partial charge in [-0.1, -0.05) is 6.07 Å². The third kappa shape index (κ3) is 3.39. The summed E-state index contributed by atoms with van der Waals surface area (Å²) >= 11 is 0. The van der Waals surface area contributed by atoms with E-state index in [0.29, 0.717) is 30.7 Å². The van der Waals surface area contributed by atoms with Gasteiger partial charge in [0.1, 0.15) is 17.2 Å². The maximum absolute atomic E-state index is 11.4. The summed E-state index contributed by atoms with van der Waals surface area (Å²) in [7, 11) is 0. The smallest absolute Gasteiger partial charge is 0.254 e. The van der Waals surface area contributed by atoms with Crippen LogP contribution in [-0.2, 0) is 0 Å². The molecule has 2 rings (SSSR count). The molecule has 0 aliphatic rings. The predicted octanol–water partition coefficient (Wildman–Crippen LogP) is 0.0847. The molecule has 0 bridgehead atoms. The second kappa shape index (κ2) is 6.43. The second-order valence-electron chi connectivity index (χ2n) is 3.88. The Bertz CT molecular complexity index is 588. The highest BCUT2D eigenvalue weighted by molar-refractivity contribution is 5.97. The predicted molar refractivity (Wildman–Crippen MR) is 75.6 cm³/mol. The van der Waals surface area contributed by atoms with Gasteiger partial charge in [-0.05, 0) is 12.1 Å². The summed E-state index contributed by atoms with van der Waals surface area (Å²) in [5.74, 6) is 0.594. The van der Waals surface area contributed by atoms with Gasteiger partial charge in [0.05, 0.1) is 0 Å². The van der Waals surface area contributed by atoms with Crippen LogP contribution >= 0.6 is 0 Å². The Morgan fingerprint density at radius 3 is 2.80 bits per heavy atom. The van der Waals surface area contributed by atoms with Crippen LogP contribution in [0.4, 0.5) is 17.6 Å². The van der Waals surface area contributed by atoms with E-state index in [2.05, 4.69) is 25.6 Å². The number of carbonyl (C=O) groups excluding carboxylic acids is 1. The fourth-order valence-corrected chi connectivity index (χ4v) is 1.48. The molecule has 0 aliphatic carbocycles. The summed E-state index contributed by atoms with van der Waals surface area (Å²) in [6.45, 7) is 0.975. The number of nitrogens with one attached hydrogen (secondary N) is 2. The molecule has 0 fully saturated rings. The van der Waals surface area contributed by atoms with Crippen LogP contribution in [0.1, 0.15) is 10.4 Å². The standard InChI is InChI=1S/C12H15N7O/c13-4-6-16-12-17-7-8(10(14)20)11(19-12)18-9-3-1-2-5-15-9/h1-3,5,7H,4,6,13H2,(H2,14,20)(H2,15,16,17,18,19). The Kier molecular flexibility index (Phi) is 4.40. The Hall–Kier alpha value is -2.74. The van der Waals surface area contributed by atoms with Gasteiger partial charge in [0.2, 0.25) is 5.95 Å². The molecule has 104 valence electrons. The van der Waals surface area contributed by atoms with E-state index in [-0.39, 0.29) is 5.56 Å². The van der Waals surface area contributed by atoms with Crippen molar-refractivity contribution < 1.29 is 4.79 Å². The summed E-state index contributed by atoms with van der Waals surface area (Å²) in [5.41, 5.74) is 10.9. The van der Waals surface area contributed by atoms with Crippen molar-refractivity contribution in [1.29, 1.82) is 0 Å². The van der Waals surface area contributed by atoms with Crippen LogP contribution < -0.4 is 22.1 Å². The number of hydrogen-bond acceptors (Lipinski definition) is 7. The molecule has 0 aromatic carbocycles. The first kappa shape index (κ1) is 13.7. The lowest BCUT2D eigenvalue weighted by Gasteiger charge is -2.10. The lowest BCUT2D eigenvalue weighted by atomic mass is 10.3. The molecule has 0 atom stereocenters. The molecule has 2 aromatic rings. The number of hydrogen-bond donors (Lipinski definition) is 4. The summed E-state index contributed by atoms with van der Waals surface area (Å²) in [4.78, 5) is 23.7. The SMILES string of the molecule is NCCNc1ncc(C(N)=O)c(Nc2ccccn2)n1. The van der Waals surface area contributed by atoms with Gasteiger partial charge in [-0.3, -0.25) is 4.79 Å². The van der Waals surface area contributed by atoms with Crippen LogP contribution in [0.15, 0.2) is 30.6 Å². The Morgan fingerprint density at radius 1 is 1.30 bits per heavy atom. The van der Waals surface area contributed by atoms with Crippen LogP contribution in [0.2, 0.25) is 0 Å². The van der Waals surface area contributed by atoms with Crippen molar-refractivity contribution in [2.45, 2.75) is 0 Å². The molecule has 6 N–H and O–H groups in total. The number of amides is 1. The van der Waals surface area contributed by atoms with Gasteiger partial charge in [-0.15, -0.1) is 0 Å². The van der Waals surface area contributed by atoms with Crippen LogP contribution in [0.25, 0.3) is 0 Å². The normalized spacial score (nSPS) is 10.1. The first-order chi connectivity index (χ1) is 9.70. The van der Waals surface area contributed by atoms with Crippen molar-refractivity contribution in [2.75, 3.05) is 23.7 Å². The second-order valence-corrected chi connectivity index (χ2v) is 3.88. The average molecular weight is 273 g/mol. The monoisotopic (exact) mass is 273 g/mol. The summed E-state index contributed by atoms with van der Waals surface area (Å²) in [6.07, 6.45) is 2.99. The van der Waals surface area contributed by atoms with Crippen molar-refractivity contribution >= 4 is 23.5 Å². The summed E-state index contributed by atoms with van der Waals surface area (Å²) in [6, 6.07) is 5.35. The minimum atomic E-state index is -0.617. The first-order valence-electron chi connectivity index (χ1n) is 5.99. The molecule has 1 amide bonds. The number of rotatable bonds is 6. The zero-order valence-electron chi connectivity index (χ0n) is 10.7. The molecule has 0 unspecified atom stereocenters. The highest BCUT2D eigenvalue weighted by atomic mass is 16.1. The fraction of sp³-hybridized carbons (Fsp3) is 0.167. The molecule has 8 nitrogen and oxygen atoms in total. The van der Waals surface area contributed by atoms with Crippen molar-refractivity contribution in [1.82, 2.24) is 15.0 Å². The minimum Gasteiger partial charge on any atom is -0.365 e. The van der Waals surface area contributed by atoms with Gasteiger partial charge in [0, 0.05) is 25.5 Å². The highest BCUT2D eigenvalue weighted by Crippen LogP contribution is 2.17. The van der Waals surface area contributed by atoms with Crippen LogP contribution in [-0.4, -0.2) is 33.9 Å². The van der Waals surface area contributed by atoms with E-state index in [1.807, 2.05) is 6.07 Å². The largest absolute Gasteiger partial charge is 0.365 e. The lowest BCUT2D eigenvalue weighted by molar-refractivity contribution is 0.100. The molecule has 2 aromatic heterocycles. The lowest BCUT2D eigenvalue weighted by Crippen LogP contribution is -2.18. The Morgan fingerprint density at radius 2 is 2.15 bits per heavy atom. The highest BCUT2D eigenvalue weighted by Gasteiger charge is 2.12. The summed E-state index contributed by atoms with van der Waals surface area (Å²) < 4.78 is 0. The number of anilines is 3. The van der Waals surface area contributed by atoms with Gasteiger partial charge in [-0.25, -0.2) is 9.97 Å². The maximum Gasteiger partial charge on any atom is 0.254 e. The molecular weight excluding hydrogens is 258 g/mol. The number of aromatic nitrogens is 3. The Balaban J connectivity index is 2.29. The van der Waals surface area contributed by atoms with Crippen LogP contribution in [0.5, 0.6) is 0 Å². The number of pyridine rings is 1. The van der Waals surface area contributed by atoms with Gasteiger partial charge < -0.3 is 22.1 Å². The van der Waals surface area contributed by atoms with Crippen LogP contribution in [0.3, 0.4) is 0 Å². The number of nitrogens with two attached hydrogens (primary N) is 2. The molecule has 2 heterocycles. The number of nitrogens with zero attached hydrogens (tertiary/aromatic N) is 3. The van der Waals surface area contributed by atoms with Gasteiger partial charge in [0.15, 0.2) is 0 Å². The average Bonchev–Trinajstić information content (AvgIpc) is 2.46. The molecule has 0 spiro atoms. The molecular formula is C12H15N7O. The van der Waals surface area contributed by atoms with Crippen molar-refractivity contribution in [3.8, 4) is 0 Å². The zero-order valence-corrected chi connectivity index (χ0v) is 10.7. The maximum atomic E-state index is 11.4. The van der Waals surface area contributed by atoms with E-state index in [1.54, 1.807) is 18.3 Å². The molecule has 0 saturated heterocycles. The Labute approximate surface area is 115 Å². The van der Waals surface area contributed by atoms with E-state index in [1.165, 1.54) is 6.20 Å². The fourth-order valence-electron chi connectivity index (χ4n) is 1.48. The van der Waals surface area contributed by atoms with Gasteiger partial charge >= 0.3 is 0 Å². The van der Waals surface area contributed by atoms with Gasteiger partial charge in [-0.2, -0.15) is 4.98 Å². The van der Waals surface area contributed by atoms with E-state index in [0.717, 1.165) is 0 Å². The van der Waals surface area contributed by atoms with Crippen molar-refractivity contribution in [3.63, 3.8) is 0 Å². The molecule has 8 heteroatoms. The zero-order chi connectivity index (χ0) is 14.4. The van der Waals surface area contributed by atoms with E-state index < -0.39 is 5.91 Å². The topological polar surface area (TPSA) is 132 Å². The molecule has 0 aliphatic heterocycles. The molecule has 0 radical (unpaired) electrons. The van der Waals surface area contributed by atoms with E-state index >= 15 is 0 Å². The van der Waals surface area contributed by atoms with E-state index in [9.17, 15) is 4.79 Å². The summed E-state index contributed by atoms with van der Waals surface area (Å²) in [5, 5.41) is 5.86.